The Labute approximate surface area is 509 Å². The van der Waals surface area contributed by atoms with E-state index in [-0.39, 0.29) is 151 Å². The van der Waals surface area contributed by atoms with Crippen LogP contribution in [0.3, 0.4) is 0 Å². The lowest BCUT2D eigenvalue weighted by molar-refractivity contribution is -0.143. The Morgan fingerprint density at radius 2 is 1.01 bits per heavy atom. The number of ether oxygens (including phenoxy) is 4. The van der Waals surface area contributed by atoms with Crippen molar-refractivity contribution in [3.63, 3.8) is 0 Å². The lowest BCUT2D eigenvalue weighted by Gasteiger charge is -2.28. The van der Waals surface area contributed by atoms with Crippen molar-refractivity contribution < 1.29 is 77.4 Å². The first-order valence-electron chi connectivity index (χ1n) is 31.7. The van der Waals surface area contributed by atoms with Gasteiger partial charge < -0.3 is 71.9 Å². The van der Waals surface area contributed by atoms with Crippen LogP contribution >= 0.6 is 0 Å². The molecule has 1 aromatic carbocycles. The number of benzene rings is 1. The van der Waals surface area contributed by atoms with Gasteiger partial charge in [0.2, 0.25) is 35.4 Å². The number of nitrogens with one attached hydrogen (secondary N) is 7. The molecule has 0 aliphatic heterocycles. The average Bonchev–Trinajstić information content (AvgIpc) is 3.70. The molecule has 0 spiro atoms. The maximum absolute atomic E-state index is 13.0. The van der Waals surface area contributed by atoms with Crippen LogP contribution in [0.1, 0.15) is 179 Å². The van der Waals surface area contributed by atoms with Crippen molar-refractivity contribution in [3.05, 3.63) is 29.8 Å². The molecule has 24 heteroatoms. The van der Waals surface area contributed by atoms with Crippen LogP contribution in [-0.4, -0.2) is 179 Å². The van der Waals surface area contributed by atoms with Gasteiger partial charge in [-0.05, 0) is 101 Å². The van der Waals surface area contributed by atoms with Gasteiger partial charge >= 0.3 is 11.9 Å². The quantitative estimate of drug-likeness (QED) is 0.0400. The Morgan fingerprint density at radius 1 is 0.523 bits per heavy atom. The number of aromatic hydroxyl groups is 1. The third kappa shape index (κ3) is 41.3. The van der Waals surface area contributed by atoms with Gasteiger partial charge in [-0.15, -0.1) is 0 Å². The molecule has 12 N–H and O–H groups in total. The third-order valence-electron chi connectivity index (χ3n) is 15.2. The van der Waals surface area contributed by atoms with Crippen LogP contribution in [0.15, 0.2) is 24.3 Å². The summed E-state index contributed by atoms with van der Waals surface area (Å²) in [6, 6.07) is 4.00. The van der Waals surface area contributed by atoms with E-state index in [0.29, 0.717) is 51.6 Å². The Balaban J connectivity index is 1.37. The minimum atomic E-state index is -1.21. The van der Waals surface area contributed by atoms with Crippen LogP contribution in [0.4, 0.5) is 0 Å². The Hall–Kier alpha value is -5.79. The SMILES string of the molecule is CN[C@@H](CCCCNC(=O)COCCOCCNC(=O)COCCOCCNC(=O)CCC(NC(=O)C1CCC(CNC(=O)CCCCCCCCCCCCCCCCCCC(=O)O)CC1)C(=O)O)C(=O)CNC(Cc1ccc(O)cc1)C(N)=O. The number of hydrogen-bond donors (Lipinski definition) is 11. The highest BCUT2D eigenvalue weighted by atomic mass is 16.5. The Bertz CT molecular complexity index is 2060. The number of nitrogens with two attached hydrogens (primary N) is 1. The summed E-state index contributed by atoms with van der Waals surface area (Å²) >= 11 is 0. The van der Waals surface area contributed by atoms with E-state index in [1.54, 1.807) is 19.2 Å². The van der Waals surface area contributed by atoms with E-state index in [1.165, 1.54) is 76.3 Å². The van der Waals surface area contributed by atoms with Crippen molar-refractivity contribution in [2.45, 2.75) is 198 Å². The second kappa shape index (κ2) is 50.2. The van der Waals surface area contributed by atoms with Crippen molar-refractivity contribution in [2.24, 2.45) is 17.6 Å². The van der Waals surface area contributed by atoms with E-state index in [0.717, 1.165) is 56.9 Å². The number of rotatable bonds is 56. The second-order valence-corrected chi connectivity index (χ2v) is 22.4. The molecule has 1 fully saturated rings. The normalized spacial score (nSPS) is 15.0. The molecule has 24 nitrogen and oxygen atoms in total. The fourth-order valence-electron chi connectivity index (χ4n) is 9.98. The third-order valence-corrected chi connectivity index (χ3v) is 15.2. The van der Waals surface area contributed by atoms with E-state index < -0.39 is 36.0 Å². The summed E-state index contributed by atoms with van der Waals surface area (Å²) in [6.07, 6.45) is 24.1. The highest BCUT2D eigenvalue weighted by molar-refractivity contribution is 5.87. The van der Waals surface area contributed by atoms with Crippen LogP contribution in [0.5, 0.6) is 5.75 Å². The molecule has 0 radical (unpaired) electrons. The maximum Gasteiger partial charge on any atom is 0.326 e. The van der Waals surface area contributed by atoms with E-state index in [4.69, 9.17) is 29.8 Å². The maximum atomic E-state index is 13.0. The Kier molecular flexibility index (Phi) is 44.6. The number of phenolic OH excluding ortho intramolecular Hbond substituents is 1. The van der Waals surface area contributed by atoms with Crippen LogP contribution < -0.4 is 43.0 Å². The summed E-state index contributed by atoms with van der Waals surface area (Å²) in [7, 11) is 1.68. The number of carboxylic acid groups (broad SMARTS) is 2. The molecule has 1 aliphatic carbocycles. The molecule has 6 amide bonds. The molecular formula is C62H106N8O16. The molecule has 86 heavy (non-hydrogen) atoms. The van der Waals surface area contributed by atoms with Crippen molar-refractivity contribution in [2.75, 3.05) is 92.6 Å². The average molecular weight is 1220 g/mol. The topological polar surface area (TPSA) is 361 Å². The number of carboxylic acids is 2. The highest BCUT2D eigenvalue weighted by Crippen LogP contribution is 2.29. The van der Waals surface area contributed by atoms with Gasteiger partial charge in [0.05, 0.1) is 58.3 Å². The zero-order valence-electron chi connectivity index (χ0n) is 51.4. The lowest BCUT2D eigenvalue weighted by atomic mass is 9.81. The summed E-state index contributed by atoms with van der Waals surface area (Å²) in [5.74, 6) is -3.85. The van der Waals surface area contributed by atoms with Crippen molar-refractivity contribution in [1.82, 2.24) is 37.2 Å². The molecule has 0 heterocycles. The number of phenols is 1. The second-order valence-electron chi connectivity index (χ2n) is 22.4. The van der Waals surface area contributed by atoms with Gasteiger partial charge in [-0.1, -0.05) is 102 Å². The zero-order chi connectivity index (χ0) is 62.8. The predicted molar refractivity (Wildman–Crippen MR) is 325 cm³/mol. The number of hydrogen-bond acceptors (Lipinski definition) is 16. The summed E-state index contributed by atoms with van der Waals surface area (Å²) in [4.78, 5) is 109. The van der Waals surface area contributed by atoms with Crippen LogP contribution in [0.2, 0.25) is 0 Å². The molecule has 2 unspecified atom stereocenters. The number of aliphatic carboxylic acids is 2. The van der Waals surface area contributed by atoms with Gasteiger partial charge in [-0.2, -0.15) is 0 Å². The molecule has 0 aromatic heterocycles. The summed E-state index contributed by atoms with van der Waals surface area (Å²) in [5.41, 5.74) is 6.32. The zero-order valence-corrected chi connectivity index (χ0v) is 51.4. The van der Waals surface area contributed by atoms with Gasteiger partial charge in [-0.25, -0.2) is 4.79 Å². The number of carbonyl (C=O) groups excluding carboxylic acids is 7. The minimum Gasteiger partial charge on any atom is -0.508 e. The van der Waals surface area contributed by atoms with E-state index >= 15 is 0 Å². The first kappa shape index (κ1) is 76.3. The summed E-state index contributed by atoms with van der Waals surface area (Å²) < 4.78 is 21.6. The summed E-state index contributed by atoms with van der Waals surface area (Å²) in [5, 5.41) is 47.7. The first-order chi connectivity index (χ1) is 41.6. The number of Topliss-reactive ketones (excluding diaryl/α,β-unsaturated/α-hetero) is 1. The number of likely N-dealkylation sites (N-methyl/N-ethyl adjacent to an activating group) is 1. The Morgan fingerprint density at radius 3 is 1.52 bits per heavy atom. The molecular weight excluding hydrogens is 1110 g/mol. The number of unbranched alkanes of at least 4 members (excludes halogenated alkanes) is 16. The monoisotopic (exact) mass is 1220 g/mol. The number of amides is 6. The first-order valence-corrected chi connectivity index (χ1v) is 31.7. The number of ketones is 1. The molecule has 0 saturated heterocycles. The highest BCUT2D eigenvalue weighted by Gasteiger charge is 2.30. The molecule has 1 saturated carbocycles. The van der Waals surface area contributed by atoms with Gasteiger partial charge in [-0.3, -0.25) is 43.7 Å². The number of carbonyl (C=O) groups is 9. The van der Waals surface area contributed by atoms with E-state index in [9.17, 15) is 53.4 Å². The van der Waals surface area contributed by atoms with E-state index in [2.05, 4.69) is 37.2 Å². The summed E-state index contributed by atoms with van der Waals surface area (Å²) in [6.45, 7) is 2.09. The molecule has 1 aromatic rings. The lowest BCUT2D eigenvalue weighted by Crippen LogP contribution is -2.48. The fraction of sp³-hybridized carbons (Fsp3) is 0.758. The predicted octanol–water partition coefficient (Wildman–Crippen LogP) is 4.50. The van der Waals surface area contributed by atoms with Gasteiger partial charge in [0, 0.05) is 51.4 Å². The van der Waals surface area contributed by atoms with Crippen molar-refractivity contribution in [3.8, 4) is 5.75 Å². The van der Waals surface area contributed by atoms with Gasteiger partial charge in [0.25, 0.3) is 0 Å². The van der Waals surface area contributed by atoms with Gasteiger partial charge in [0.1, 0.15) is 25.0 Å². The van der Waals surface area contributed by atoms with Crippen LogP contribution in [0, 0.1) is 11.8 Å². The number of primary amides is 1. The fourth-order valence-corrected chi connectivity index (χ4v) is 9.98. The van der Waals surface area contributed by atoms with Gasteiger partial charge in [0.15, 0.2) is 5.78 Å². The smallest absolute Gasteiger partial charge is 0.326 e. The standard InChI is InChI=1S/C62H106N8O16/c1-64-51(54(72)44-68-53(60(63)79)42-47-25-29-50(71)30-26-47)20-18-19-33-65-57(75)45-85-40-39-84-37-35-67-58(76)46-86-41-38-83-36-34-66-56(74)32-31-52(62(81)82)70-61(80)49-27-23-48(24-28-49)43-69-55(73)21-16-14-12-10-8-6-4-2-3-5-7-9-11-13-15-17-22-59(77)78/h25-26,29-30,48-49,51-53,64,68,71H,2-24,27-28,31-46H2,1H3,(H2,63,79)(H,65,75)(H,66,74)(H,67,76)(H,69,73)(H,70,80)(H,77,78)(H,81,82)/t48?,49?,51-,52?,53?/m0/s1. The molecule has 2 rings (SSSR count). The minimum absolute atomic E-state index is 0.0507. The molecule has 3 atom stereocenters. The van der Waals surface area contributed by atoms with Crippen molar-refractivity contribution in [1.29, 1.82) is 0 Å². The van der Waals surface area contributed by atoms with Crippen LogP contribution in [0.25, 0.3) is 0 Å². The largest absolute Gasteiger partial charge is 0.508 e. The van der Waals surface area contributed by atoms with Crippen molar-refractivity contribution >= 4 is 53.2 Å². The van der Waals surface area contributed by atoms with Crippen LogP contribution in [-0.2, 0) is 68.5 Å². The van der Waals surface area contributed by atoms with E-state index in [1.807, 2.05) is 0 Å². The molecule has 1 aliphatic rings. The molecule has 0 bridgehead atoms. The molecule has 490 valence electrons.